The van der Waals surface area contributed by atoms with E-state index in [1.54, 1.807) is 36.3 Å². The molecular formula is C23H25N3O4S. The molecule has 0 spiro atoms. The van der Waals surface area contributed by atoms with E-state index in [1.807, 2.05) is 26.8 Å². The molecule has 0 unspecified atom stereocenters. The van der Waals surface area contributed by atoms with E-state index in [1.165, 1.54) is 11.3 Å². The van der Waals surface area contributed by atoms with Crippen molar-refractivity contribution in [2.75, 3.05) is 23.9 Å². The fraction of sp³-hybridized carbons (Fsp3) is 0.348. The van der Waals surface area contributed by atoms with Crippen molar-refractivity contribution >= 4 is 44.8 Å². The van der Waals surface area contributed by atoms with Crippen molar-refractivity contribution in [3.05, 3.63) is 52.0 Å². The van der Waals surface area contributed by atoms with Crippen molar-refractivity contribution in [3.8, 4) is 0 Å². The summed E-state index contributed by atoms with van der Waals surface area (Å²) in [6.45, 7) is 6.66. The summed E-state index contributed by atoms with van der Waals surface area (Å²) in [7, 11) is 1.66. The predicted molar refractivity (Wildman–Crippen MR) is 122 cm³/mol. The summed E-state index contributed by atoms with van der Waals surface area (Å²) in [6.07, 6.45) is 0.500. The third kappa shape index (κ3) is 3.88. The zero-order valence-electron chi connectivity index (χ0n) is 18.0. The monoisotopic (exact) mass is 439 g/mol. The van der Waals surface area contributed by atoms with Gasteiger partial charge < -0.3 is 14.8 Å². The molecule has 1 aliphatic heterocycles. The molecule has 0 saturated carbocycles. The molecule has 1 atom stereocenters. The fourth-order valence-corrected chi connectivity index (χ4v) is 4.97. The Morgan fingerprint density at radius 2 is 2.03 bits per heavy atom. The number of nitrogens with one attached hydrogen (secondary N) is 1. The molecule has 0 fully saturated rings. The Labute approximate surface area is 185 Å². The van der Waals surface area contributed by atoms with Gasteiger partial charge in [0.05, 0.1) is 24.5 Å². The maximum Gasteiger partial charge on any atom is 0.338 e. The number of thiophene rings is 1. The molecule has 1 amide bonds. The Morgan fingerprint density at radius 3 is 2.71 bits per heavy atom. The van der Waals surface area contributed by atoms with Crippen molar-refractivity contribution < 1.29 is 19.1 Å². The molecule has 0 aliphatic carbocycles. The second kappa shape index (κ2) is 8.64. The first-order valence-electron chi connectivity index (χ1n) is 10.2. The summed E-state index contributed by atoms with van der Waals surface area (Å²) < 4.78 is 10.5. The number of hydrogen-bond donors (Lipinski definition) is 1. The highest BCUT2D eigenvalue weighted by molar-refractivity contribution is 7.21. The average molecular weight is 440 g/mol. The molecule has 1 aromatic carbocycles. The van der Waals surface area contributed by atoms with Crippen LogP contribution < -0.4 is 10.2 Å². The van der Waals surface area contributed by atoms with E-state index in [9.17, 15) is 9.59 Å². The van der Waals surface area contributed by atoms with Crippen LogP contribution in [0.5, 0.6) is 0 Å². The number of carbonyl (C=O) groups excluding carboxylic acids is 2. The number of aryl methyl sites for hydroxylation is 1. The number of pyridine rings is 1. The Bertz CT molecular complexity index is 1140. The molecule has 8 heteroatoms. The van der Waals surface area contributed by atoms with E-state index in [2.05, 4.69) is 10.3 Å². The van der Waals surface area contributed by atoms with E-state index in [0.717, 1.165) is 33.6 Å². The standard InChI is InChI=1S/C23H25N3O4S/c1-5-10-30-23(28)15-6-8-17(9-7-15)26-14(3)25-19-18-16(12-29-4)11-13(2)24-21(18)31-20(19)22(26)27/h6-9,11,14,25H,5,10,12H2,1-4H3/t14-/m0/s1. The SMILES string of the molecule is CCCOC(=O)c1ccc(N2C(=O)c3sc4nc(C)cc(COC)c4c3N[C@@H]2C)cc1. The van der Waals surface area contributed by atoms with E-state index in [0.29, 0.717) is 29.3 Å². The minimum absolute atomic E-state index is 0.0911. The largest absolute Gasteiger partial charge is 0.462 e. The highest BCUT2D eigenvalue weighted by Gasteiger charge is 2.34. The number of esters is 1. The number of nitrogens with zero attached hydrogens (tertiary/aromatic N) is 2. The highest BCUT2D eigenvalue weighted by Crippen LogP contribution is 2.42. The maximum absolute atomic E-state index is 13.5. The molecule has 4 rings (SSSR count). The molecule has 162 valence electrons. The Hall–Kier alpha value is -2.97. The minimum Gasteiger partial charge on any atom is -0.462 e. The van der Waals surface area contributed by atoms with Crippen molar-refractivity contribution in [1.82, 2.24) is 4.98 Å². The molecular weight excluding hydrogens is 414 g/mol. The first-order valence-corrected chi connectivity index (χ1v) is 11.1. The fourth-order valence-electron chi connectivity index (χ4n) is 3.81. The van der Waals surface area contributed by atoms with Crippen LogP contribution >= 0.6 is 11.3 Å². The molecule has 3 aromatic rings. The molecule has 2 aromatic heterocycles. The van der Waals surface area contributed by atoms with Crippen LogP contribution in [0.3, 0.4) is 0 Å². The van der Waals surface area contributed by atoms with Crippen molar-refractivity contribution in [3.63, 3.8) is 0 Å². The molecule has 7 nitrogen and oxygen atoms in total. The summed E-state index contributed by atoms with van der Waals surface area (Å²) in [5.41, 5.74) is 3.89. The number of rotatable bonds is 6. The van der Waals surface area contributed by atoms with E-state index in [-0.39, 0.29) is 18.0 Å². The van der Waals surface area contributed by atoms with Gasteiger partial charge in [-0.1, -0.05) is 6.92 Å². The Morgan fingerprint density at radius 1 is 1.29 bits per heavy atom. The summed E-state index contributed by atoms with van der Waals surface area (Å²) in [6, 6.07) is 8.93. The highest BCUT2D eigenvalue weighted by atomic mass is 32.1. The van der Waals surface area contributed by atoms with E-state index in [4.69, 9.17) is 9.47 Å². The molecule has 0 saturated heterocycles. The number of ether oxygens (including phenoxy) is 2. The summed E-state index contributed by atoms with van der Waals surface area (Å²) in [5, 5.41) is 4.42. The van der Waals surface area contributed by atoms with Crippen LogP contribution in [0.1, 0.15) is 51.6 Å². The zero-order valence-corrected chi connectivity index (χ0v) is 18.8. The molecule has 1 N–H and O–H groups in total. The summed E-state index contributed by atoms with van der Waals surface area (Å²) in [4.78, 5) is 33.3. The van der Waals surface area contributed by atoms with Crippen LogP contribution in [0.25, 0.3) is 10.2 Å². The second-order valence-electron chi connectivity index (χ2n) is 7.52. The first-order chi connectivity index (χ1) is 14.9. The van der Waals surface area contributed by atoms with Crippen LogP contribution in [0.4, 0.5) is 11.4 Å². The summed E-state index contributed by atoms with van der Waals surface area (Å²) >= 11 is 1.39. The number of fused-ring (bicyclic) bond motifs is 3. The van der Waals surface area contributed by atoms with Gasteiger partial charge in [0.1, 0.15) is 15.9 Å². The number of hydrogen-bond acceptors (Lipinski definition) is 7. The minimum atomic E-state index is -0.358. The maximum atomic E-state index is 13.5. The number of aromatic nitrogens is 1. The van der Waals surface area contributed by atoms with Gasteiger partial charge in [-0.05, 0) is 56.2 Å². The van der Waals surface area contributed by atoms with Crippen molar-refractivity contribution in [2.45, 2.75) is 40.0 Å². The van der Waals surface area contributed by atoms with Gasteiger partial charge in [0.2, 0.25) is 0 Å². The normalized spacial score (nSPS) is 15.7. The molecule has 1 aliphatic rings. The predicted octanol–water partition coefficient (Wildman–Crippen LogP) is 4.74. The number of anilines is 2. The van der Waals surface area contributed by atoms with Crippen molar-refractivity contribution in [2.24, 2.45) is 0 Å². The summed E-state index contributed by atoms with van der Waals surface area (Å²) in [5.74, 6) is -0.449. The van der Waals surface area contributed by atoms with E-state index >= 15 is 0 Å². The van der Waals surface area contributed by atoms with Gasteiger partial charge in [-0.25, -0.2) is 9.78 Å². The van der Waals surface area contributed by atoms with Gasteiger partial charge in [-0.15, -0.1) is 11.3 Å². The lowest BCUT2D eigenvalue weighted by Crippen LogP contribution is -2.46. The van der Waals surface area contributed by atoms with Crippen molar-refractivity contribution in [1.29, 1.82) is 0 Å². The van der Waals surface area contributed by atoms with E-state index < -0.39 is 0 Å². The Balaban J connectivity index is 1.69. The van der Waals surface area contributed by atoms with Crippen LogP contribution in [0.2, 0.25) is 0 Å². The molecule has 0 radical (unpaired) electrons. The average Bonchev–Trinajstić information content (AvgIpc) is 3.11. The molecule has 31 heavy (non-hydrogen) atoms. The van der Waals surface area contributed by atoms with Crippen LogP contribution in [-0.4, -0.2) is 36.7 Å². The third-order valence-corrected chi connectivity index (χ3v) is 6.22. The third-order valence-electron chi connectivity index (χ3n) is 5.14. The van der Waals surface area contributed by atoms with Crippen LogP contribution in [0, 0.1) is 6.92 Å². The Kier molecular flexibility index (Phi) is 5.93. The zero-order chi connectivity index (χ0) is 22.1. The van der Waals surface area contributed by atoms with Gasteiger partial charge in [-0.2, -0.15) is 0 Å². The van der Waals surface area contributed by atoms with Gasteiger partial charge in [0.25, 0.3) is 5.91 Å². The molecule has 3 heterocycles. The second-order valence-corrected chi connectivity index (χ2v) is 8.52. The van der Waals surface area contributed by atoms with Crippen LogP contribution in [-0.2, 0) is 16.1 Å². The van der Waals surface area contributed by atoms with Gasteiger partial charge in [-0.3, -0.25) is 9.69 Å². The van der Waals surface area contributed by atoms with Gasteiger partial charge >= 0.3 is 5.97 Å². The number of methoxy groups -OCH3 is 1. The van der Waals surface area contributed by atoms with Crippen LogP contribution in [0.15, 0.2) is 30.3 Å². The molecule has 0 bridgehead atoms. The smallest absolute Gasteiger partial charge is 0.338 e. The van der Waals surface area contributed by atoms with Gasteiger partial charge in [0, 0.05) is 23.9 Å². The lowest BCUT2D eigenvalue weighted by Gasteiger charge is -2.34. The lowest BCUT2D eigenvalue weighted by molar-refractivity contribution is 0.0505. The lowest BCUT2D eigenvalue weighted by atomic mass is 10.1. The quantitative estimate of drug-likeness (QED) is 0.559. The topological polar surface area (TPSA) is 80.8 Å². The van der Waals surface area contributed by atoms with Gasteiger partial charge in [0.15, 0.2) is 0 Å². The number of amides is 1. The first kappa shape index (κ1) is 21.3. The number of carbonyl (C=O) groups is 2. The number of benzene rings is 1.